The number of nitrogens with zero attached hydrogens (tertiary/aromatic N) is 4. The van der Waals surface area contributed by atoms with E-state index in [9.17, 15) is 0 Å². The Morgan fingerprint density at radius 3 is 2.73 bits per heavy atom. The van der Waals surface area contributed by atoms with Crippen LogP contribution in [-0.4, -0.2) is 48.2 Å². The molecule has 33 heavy (non-hydrogen) atoms. The van der Waals surface area contributed by atoms with E-state index >= 15 is 0 Å². The highest BCUT2D eigenvalue weighted by Gasteiger charge is 2.28. The van der Waals surface area contributed by atoms with Crippen molar-refractivity contribution in [1.29, 1.82) is 0 Å². The summed E-state index contributed by atoms with van der Waals surface area (Å²) in [7, 11) is 0. The van der Waals surface area contributed by atoms with Crippen molar-refractivity contribution in [3.63, 3.8) is 0 Å². The predicted molar refractivity (Wildman–Crippen MR) is 126 cm³/mol. The van der Waals surface area contributed by atoms with Crippen molar-refractivity contribution in [2.75, 3.05) is 12.3 Å². The van der Waals surface area contributed by atoms with Gasteiger partial charge in [0, 0.05) is 17.6 Å². The molecule has 9 nitrogen and oxygen atoms in total. The fraction of sp³-hybridized carbons (Fsp3) is 0.348. The van der Waals surface area contributed by atoms with Crippen molar-refractivity contribution in [3.05, 3.63) is 54.1 Å². The molecule has 1 fully saturated rings. The van der Waals surface area contributed by atoms with Crippen LogP contribution in [0.4, 0.5) is 5.82 Å². The first-order valence-electron chi connectivity index (χ1n) is 10.5. The topological polar surface area (TPSA) is 129 Å². The van der Waals surface area contributed by atoms with E-state index in [1.54, 1.807) is 6.07 Å². The van der Waals surface area contributed by atoms with E-state index in [1.165, 1.54) is 20.2 Å². The minimum absolute atomic E-state index is 0.00394. The van der Waals surface area contributed by atoms with Gasteiger partial charge in [-0.3, -0.25) is 0 Å². The lowest BCUT2D eigenvalue weighted by Crippen LogP contribution is -2.18. The highest BCUT2D eigenvalue weighted by molar-refractivity contribution is 6.33. The van der Waals surface area contributed by atoms with Crippen LogP contribution < -0.4 is 10.5 Å². The molecule has 0 aliphatic carbocycles. The predicted octanol–water partition coefficient (Wildman–Crippen LogP) is 3.68. The van der Waals surface area contributed by atoms with Gasteiger partial charge in [-0.05, 0) is 57.0 Å². The van der Waals surface area contributed by atoms with E-state index in [0.29, 0.717) is 17.6 Å². The Morgan fingerprint density at radius 1 is 1.18 bits per heavy atom. The molecule has 0 spiro atoms. The quantitative estimate of drug-likeness (QED) is 0.303. The summed E-state index contributed by atoms with van der Waals surface area (Å²) < 4.78 is 14.1. The van der Waals surface area contributed by atoms with Gasteiger partial charge in [-0.1, -0.05) is 11.6 Å². The third kappa shape index (κ3) is 5.88. The highest BCUT2D eigenvalue weighted by Crippen LogP contribution is 2.32. The van der Waals surface area contributed by atoms with E-state index < -0.39 is 5.79 Å². The summed E-state index contributed by atoms with van der Waals surface area (Å²) in [5.41, 5.74) is 7.37. The fourth-order valence-corrected chi connectivity index (χ4v) is 3.77. The number of nitrogens with two attached hydrogens (primary N) is 1. The molecule has 174 valence electrons. The smallest absolute Gasteiger partial charge is 0.156 e. The minimum Gasteiger partial charge on any atom is -0.491 e. The summed E-state index contributed by atoms with van der Waals surface area (Å²) in [6.45, 7) is 3.07. The normalized spacial score (nSPS) is 18.3. The first-order valence-corrected chi connectivity index (χ1v) is 10.9. The third-order valence-electron chi connectivity index (χ3n) is 4.98. The van der Waals surface area contributed by atoms with Crippen molar-refractivity contribution < 1.29 is 19.7 Å². The van der Waals surface area contributed by atoms with Gasteiger partial charge in [-0.2, -0.15) is 0 Å². The summed E-state index contributed by atoms with van der Waals surface area (Å²) in [6, 6.07) is 11.5. The summed E-state index contributed by atoms with van der Waals surface area (Å²) in [5, 5.41) is 18.5. The van der Waals surface area contributed by atoms with E-state index in [4.69, 9.17) is 37.0 Å². The second kappa shape index (κ2) is 9.48. The number of aromatic nitrogens is 4. The number of hydrogen-bond acceptors (Lipinski definition) is 8. The van der Waals surface area contributed by atoms with Gasteiger partial charge in [0.25, 0.3) is 0 Å². The van der Waals surface area contributed by atoms with Crippen molar-refractivity contribution in [1.82, 2.24) is 19.5 Å². The van der Waals surface area contributed by atoms with Gasteiger partial charge in [-0.25, -0.2) is 15.0 Å². The Kier molecular flexibility index (Phi) is 6.66. The maximum Gasteiger partial charge on any atom is 0.156 e. The largest absolute Gasteiger partial charge is 0.491 e. The lowest BCUT2D eigenvalue weighted by atomic mass is 10.2. The number of benzene rings is 1. The average Bonchev–Trinajstić information content (AvgIpc) is 3.38. The Labute approximate surface area is 195 Å². The van der Waals surface area contributed by atoms with Crippen LogP contribution in [0.3, 0.4) is 0 Å². The molecule has 2 atom stereocenters. The first-order chi connectivity index (χ1) is 15.7. The number of hydrogen-bond donors (Lipinski definition) is 3. The second-order valence-corrected chi connectivity index (χ2v) is 8.67. The second-order valence-electron chi connectivity index (χ2n) is 8.31. The van der Waals surface area contributed by atoms with E-state index in [1.807, 2.05) is 41.1 Å². The van der Waals surface area contributed by atoms with Crippen LogP contribution in [0.15, 0.2) is 48.9 Å². The standard InChI is InChI=1S/C20H18ClN5O2.C3H8O2/c21-19-15-7-8-26(20(15)24-11-23-19)18-6-4-14(28-18)10-27-13-3-1-12-2-5-17(22)25-16(12)9-13;1-3(2,4)5/h1-3,5,7-9,11,14,18H,4,6,10H2,(H2,22,25);4-5H,1-2H3. The molecule has 3 aromatic heterocycles. The molecule has 0 radical (unpaired) electrons. The number of pyridine rings is 1. The van der Waals surface area contributed by atoms with Crippen molar-refractivity contribution in [2.24, 2.45) is 0 Å². The molecule has 0 saturated carbocycles. The SMILES string of the molecule is CC(C)(O)O.Nc1ccc2ccc(OCC3CCC(n4ccc5c(Cl)ncnc54)O3)cc2n1. The van der Waals surface area contributed by atoms with Crippen LogP contribution in [0.25, 0.3) is 21.9 Å². The molecule has 4 aromatic rings. The molecule has 1 aliphatic heterocycles. The molecule has 5 rings (SSSR count). The maximum atomic E-state index is 8.08. The Hall–Kier alpha value is -2.98. The molecule has 10 heteroatoms. The van der Waals surface area contributed by atoms with Crippen LogP contribution in [0.2, 0.25) is 5.15 Å². The lowest BCUT2D eigenvalue weighted by molar-refractivity contribution is -0.127. The molecule has 4 heterocycles. The van der Waals surface area contributed by atoms with Crippen LogP contribution in [0.1, 0.15) is 32.9 Å². The number of fused-ring (bicyclic) bond motifs is 2. The molecule has 1 aromatic carbocycles. The number of rotatable bonds is 4. The Balaban J connectivity index is 0.000000471. The van der Waals surface area contributed by atoms with Crippen LogP contribution in [0.5, 0.6) is 5.75 Å². The molecular weight excluding hydrogens is 446 g/mol. The fourth-order valence-electron chi connectivity index (χ4n) is 3.58. The zero-order valence-electron chi connectivity index (χ0n) is 18.3. The van der Waals surface area contributed by atoms with Gasteiger partial charge in [0.05, 0.1) is 17.0 Å². The molecule has 0 bridgehead atoms. The average molecular weight is 472 g/mol. The van der Waals surface area contributed by atoms with Gasteiger partial charge < -0.3 is 30.0 Å². The van der Waals surface area contributed by atoms with Crippen LogP contribution in [-0.2, 0) is 4.74 Å². The maximum absolute atomic E-state index is 8.08. The molecule has 0 amide bonds. The summed E-state index contributed by atoms with van der Waals surface area (Å²) in [5.74, 6) is -0.252. The summed E-state index contributed by atoms with van der Waals surface area (Å²) in [4.78, 5) is 12.7. The number of halogens is 1. The zero-order valence-corrected chi connectivity index (χ0v) is 19.1. The highest BCUT2D eigenvalue weighted by atomic mass is 35.5. The van der Waals surface area contributed by atoms with Crippen LogP contribution in [0, 0.1) is 0 Å². The van der Waals surface area contributed by atoms with Crippen LogP contribution >= 0.6 is 11.6 Å². The number of ether oxygens (including phenoxy) is 2. The summed E-state index contributed by atoms with van der Waals surface area (Å²) in [6.07, 6.45) is 5.12. The van der Waals surface area contributed by atoms with Gasteiger partial charge in [0.1, 0.15) is 41.5 Å². The third-order valence-corrected chi connectivity index (χ3v) is 5.28. The molecular formula is C23H26ClN5O4. The molecule has 1 saturated heterocycles. The van der Waals surface area contributed by atoms with Crippen molar-refractivity contribution in [2.45, 2.75) is 44.8 Å². The molecule has 2 unspecified atom stereocenters. The van der Waals surface area contributed by atoms with E-state index in [-0.39, 0.29) is 12.3 Å². The molecule has 1 aliphatic rings. The number of nitrogen functional groups attached to an aromatic ring is 1. The lowest BCUT2D eigenvalue weighted by Gasteiger charge is -2.16. The van der Waals surface area contributed by atoms with E-state index in [0.717, 1.165) is 40.5 Å². The Morgan fingerprint density at radius 2 is 1.94 bits per heavy atom. The first kappa shape index (κ1) is 23.2. The van der Waals surface area contributed by atoms with Gasteiger partial charge in [-0.15, -0.1) is 0 Å². The number of anilines is 1. The monoisotopic (exact) mass is 471 g/mol. The summed E-state index contributed by atoms with van der Waals surface area (Å²) >= 11 is 6.14. The minimum atomic E-state index is -1.50. The van der Waals surface area contributed by atoms with Crippen molar-refractivity contribution >= 4 is 39.4 Å². The number of aliphatic hydroxyl groups is 2. The Bertz CT molecular complexity index is 1250. The van der Waals surface area contributed by atoms with Gasteiger partial charge in [0.2, 0.25) is 0 Å². The van der Waals surface area contributed by atoms with Crippen molar-refractivity contribution in [3.8, 4) is 5.75 Å². The van der Waals surface area contributed by atoms with Gasteiger partial charge >= 0.3 is 0 Å². The zero-order chi connectivity index (χ0) is 23.6. The van der Waals surface area contributed by atoms with E-state index in [2.05, 4.69) is 15.0 Å². The van der Waals surface area contributed by atoms with Gasteiger partial charge in [0.15, 0.2) is 5.79 Å². The molecule has 4 N–H and O–H groups in total.